The number of alkyl halides is 3. The molecule has 4 N–H and O–H groups in total. The van der Waals surface area contributed by atoms with Gasteiger partial charge in [-0.25, -0.2) is 0 Å². The number of nitrogens with two attached hydrogens (primary N) is 1. The van der Waals surface area contributed by atoms with Gasteiger partial charge in [-0.15, -0.1) is 0 Å². The standard InChI is InChI=1S/C5H7F3N2O3/c6-5(7,8)4(13)10-2(1-11)3(9)12/h2,11H,1H2,(H2,9,12)(H,10,13)/t2-/m0/s1. The summed E-state index contributed by atoms with van der Waals surface area (Å²) >= 11 is 0. The van der Waals surface area contributed by atoms with E-state index in [0.29, 0.717) is 0 Å². The van der Waals surface area contributed by atoms with Crippen molar-refractivity contribution in [1.82, 2.24) is 5.32 Å². The van der Waals surface area contributed by atoms with Crippen LogP contribution in [0.15, 0.2) is 0 Å². The third kappa shape index (κ3) is 3.74. The highest BCUT2D eigenvalue weighted by atomic mass is 19.4. The number of hydrogen-bond donors (Lipinski definition) is 3. The van der Waals surface area contributed by atoms with E-state index in [2.05, 4.69) is 5.73 Å². The van der Waals surface area contributed by atoms with Crippen LogP contribution in [0.2, 0.25) is 0 Å². The summed E-state index contributed by atoms with van der Waals surface area (Å²) in [6, 6.07) is -1.71. The Bertz CT molecular complexity index is 216. The zero-order valence-corrected chi connectivity index (χ0v) is 6.26. The quantitative estimate of drug-likeness (QED) is 0.518. The highest BCUT2D eigenvalue weighted by Gasteiger charge is 2.40. The molecule has 1 atom stereocenters. The van der Waals surface area contributed by atoms with Gasteiger partial charge in [0, 0.05) is 0 Å². The Kier molecular flexibility index (Phi) is 3.67. The van der Waals surface area contributed by atoms with Crippen LogP contribution in [0.3, 0.4) is 0 Å². The minimum atomic E-state index is -5.09. The molecule has 0 aliphatic rings. The van der Waals surface area contributed by atoms with Crippen LogP contribution in [-0.2, 0) is 9.59 Å². The van der Waals surface area contributed by atoms with Crippen LogP contribution in [0.25, 0.3) is 0 Å². The molecule has 0 aromatic rings. The van der Waals surface area contributed by atoms with Crippen LogP contribution in [0.1, 0.15) is 0 Å². The first-order valence-corrected chi connectivity index (χ1v) is 3.07. The Morgan fingerprint density at radius 3 is 2.15 bits per heavy atom. The number of carbonyl (C=O) groups excluding carboxylic acids is 2. The monoisotopic (exact) mass is 200 g/mol. The van der Waals surface area contributed by atoms with Crippen molar-refractivity contribution < 1.29 is 27.9 Å². The van der Waals surface area contributed by atoms with Gasteiger partial charge in [0.1, 0.15) is 6.04 Å². The van der Waals surface area contributed by atoms with Crippen molar-refractivity contribution in [3.05, 3.63) is 0 Å². The second kappa shape index (κ2) is 4.08. The molecule has 5 nitrogen and oxygen atoms in total. The largest absolute Gasteiger partial charge is 0.471 e. The lowest BCUT2D eigenvalue weighted by Gasteiger charge is -2.13. The highest BCUT2D eigenvalue weighted by molar-refractivity contribution is 5.89. The fourth-order valence-electron chi connectivity index (χ4n) is 0.447. The lowest BCUT2D eigenvalue weighted by atomic mass is 10.3. The topological polar surface area (TPSA) is 92.4 Å². The minimum absolute atomic E-state index is 0.975. The first-order valence-electron chi connectivity index (χ1n) is 3.07. The van der Waals surface area contributed by atoms with Gasteiger partial charge in [-0.3, -0.25) is 9.59 Å². The Morgan fingerprint density at radius 1 is 1.46 bits per heavy atom. The molecule has 8 heteroatoms. The van der Waals surface area contributed by atoms with Gasteiger partial charge in [0.25, 0.3) is 0 Å². The van der Waals surface area contributed by atoms with E-state index in [1.54, 1.807) is 0 Å². The summed E-state index contributed by atoms with van der Waals surface area (Å²) in [7, 11) is 0. The van der Waals surface area contributed by atoms with Crippen molar-refractivity contribution in [2.45, 2.75) is 12.2 Å². The summed E-state index contributed by atoms with van der Waals surface area (Å²) in [6.07, 6.45) is -5.09. The minimum Gasteiger partial charge on any atom is -0.394 e. The van der Waals surface area contributed by atoms with Gasteiger partial charge < -0.3 is 16.2 Å². The van der Waals surface area contributed by atoms with Crippen molar-refractivity contribution in [3.63, 3.8) is 0 Å². The molecule has 76 valence electrons. The average Bonchev–Trinajstić information content (AvgIpc) is 1.96. The predicted octanol–water partition coefficient (Wildman–Crippen LogP) is -1.49. The van der Waals surface area contributed by atoms with Gasteiger partial charge in [0.15, 0.2) is 0 Å². The van der Waals surface area contributed by atoms with Crippen LogP contribution in [0, 0.1) is 0 Å². The summed E-state index contributed by atoms with van der Waals surface area (Å²) in [4.78, 5) is 20.5. The first-order chi connectivity index (χ1) is 5.79. The lowest BCUT2D eigenvalue weighted by Crippen LogP contribution is -2.50. The van der Waals surface area contributed by atoms with E-state index >= 15 is 0 Å². The van der Waals surface area contributed by atoms with Crippen molar-refractivity contribution in [2.24, 2.45) is 5.73 Å². The number of rotatable bonds is 3. The number of halogens is 3. The molecule has 0 aliphatic heterocycles. The number of aliphatic hydroxyl groups is 1. The highest BCUT2D eigenvalue weighted by Crippen LogP contribution is 2.14. The summed E-state index contributed by atoms with van der Waals surface area (Å²) < 4.78 is 34.7. The molecule has 0 aromatic heterocycles. The maximum Gasteiger partial charge on any atom is 0.471 e. The maximum absolute atomic E-state index is 11.6. The van der Waals surface area contributed by atoms with Gasteiger partial charge in [-0.05, 0) is 0 Å². The number of hydrogen-bond acceptors (Lipinski definition) is 3. The molecule has 2 amide bonds. The van der Waals surface area contributed by atoms with Gasteiger partial charge >= 0.3 is 12.1 Å². The normalized spacial score (nSPS) is 13.5. The molecule has 0 saturated carbocycles. The van der Waals surface area contributed by atoms with Crippen molar-refractivity contribution in [1.29, 1.82) is 0 Å². The summed E-state index contributed by atoms with van der Waals surface area (Å²) in [5.41, 5.74) is 4.56. The van der Waals surface area contributed by atoms with Crippen LogP contribution in [-0.4, -0.2) is 35.7 Å². The van der Waals surface area contributed by atoms with Crippen LogP contribution in [0.4, 0.5) is 13.2 Å². The van der Waals surface area contributed by atoms with E-state index in [9.17, 15) is 22.8 Å². The molecule has 0 rings (SSSR count). The van der Waals surface area contributed by atoms with E-state index in [4.69, 9.17) is 5.11 Å². The summed E-state index contributed by atoms with van der Waals surface area (Å²) in [6.45, 7) is -0.975. The summed E-state index contributed by atoms with van der Waals surface area (Å²) in [5.74, 6) is -3.55. The van der Waals surface area contributed by atoms with E-state index in [1.807, 2.05) is 0 Å². The Hall–Kier alpha value is -1.31. The van der Waals surface area contributed by atoms with E-state index in [0.717, 1.165) is 0 Å². The Balaban J connectivity index is 4.26. The van der Waals surface area contributed by atoms with Crippen molar-refractivity contribution in [3.8, 4) is 0 Å². The zero-order chi connectivity index (χ0) is 10.6. The molecule has 0 unspecified atom stereocenters. The molecule has 0 spiro atoms. The number of aliphatic hydroxyl groups excluding tert-OH is 1. The molecule has 13 heavy (non-hydrogen) atoms. The Labute approximate surface area is 70.7 Å². The van der Waals surface area contributed by atoms with Crippen LogP contribution < -0.4 is 11.1 Å². The average molecular weight is 200 g/mol. The van der Waals surface area contributed by atoms with Gasteiger partial charge in [0.2, 0.25) is 5.91 Å². The third-order valence-corrected chi connectivity index (χ3v) is 1.09. The van der Waals surface area contributed by atoms with Crippen molar-refractivity contribution in [2.75, 3.05) is 6.61 Å². The number of primary amides is 1. The molecular formula is C5H7F3N2O3. The van der Waals surface area contributed by atoms with Gasteiger partial charge in [-0.1, -0.05) is 0 Å². The molecule has 0 aliphatic carbocycles. The third-order valence-electron chi connectivity index (χ3n) is 1.09. The molecule has 0 radical (unpaired) electrons. The van der Waals surface area contributed by atoms with E-state index in [1.165, 1.54) is 5.32 Å². The van der Waals surface area contributed by atoms with Gasteiger partial charge in [0.05, 0.1) is 6.61 Å². The molecule has 0 saturated heterocycles. The fourth-order valence-corrected chi connectivity index (χ4v) is 0.447. The predicted molar refractivity (Wildman–Crippen MR) is 34.3 cm³/mol. The van der Waals surface area contributed by atoms with Crippen LogP contribution in [0.5, 0.6) is 0 Å². The smallest absolute Gasteiger partial charge is 0.394 e. The second-order valence-corrected chi connectivity index (χ2v) is 2.11. The summed E-state index contributed by atoms with van der Waals surface area (Å²) in [5, 5.41) is 9.55. The van der Waals surface area contributed by atoms with Crippen LogP contribution >= 0.6 is 0 Å². The SMILES string of the molecule is NC(=O)[C@H](CO)NC(=O)C(F)(F)F. The number of carbonyl (C=O) groups is 2. The van der Waals surface area contributed by atoms with E-state index < -0.39 is 30.6 Å². The molecule has 0 fully saturated rings. The second-order valence-electron chi connectivity index (χ2n) is 2.11. The number of amides is 2. The number of nitrogens with one attached hydrogen (secondary N) is 1. The Morgan fingerprint density at radius 2 is 1.92 bits per heavy atom. The zero-order valence-electron chi connectivity index (χ0n) is 6.26. The molecular weight excluding hydrogens is 193 g/mol. The molecule has 0 heterocycles. The van der Waals surface area contributed by atoms with Gasteiger partial charge in [-0.2, -0.15) is 13.2 Å². The maximum atomic E-state index is 11.6. The lowest BCUT2D eigenvalue weighted by molar-refractivity contribution is -0.175. The first kappa shape index (κ1) is 11.7. The van der Waals surface area contributed by atoms with E-state index in [-0.39, 0.29) is 0 Å². The fraction of sp³-hybridized carbons (Fsp3) is 0.600. The van der Waals surface area contributed by atoms with Crippen molar-refractivity contribution >= 4 is 11.8 Å². The molecule has 0 aromatic carbocycles. The molecule has 0 bridgehead atoms.